The number of aliphatic hydroxyl groups excluding tert-OH is 1. The van der Waals surface area contributed by atoms with Crippen LogP contribution in [0, 0.1) is 0 Å². The lowest BCUT2D eigenvalue weighted by atomic mass is 10.1. The van der Waals surface area contributed by atoms with E-state index < -0.39 is 12.1 Å². The summed E-state index contributed by atoms with van der Waals surface area (Å²) in [5.41, 5.74) is 0. The Labute approximate surface area is 72.4 Å². The molecule has 0 spiro atoms. The fraction of sp³-hybridized carbons (Fsp3) is 0.833. The highest BCUT2D eigenvalue weighted by atomic mass is 19.4. The summed E-state index contributed by atoms with van der Waals surface area (Å²) in [6.45, 7) is 1.39. The van der Waals surface area contributed by atoms with Crippen LogP contribution in [-0.2, 0) is 4.79 Å². The monoisotopic (exact) mass is 201 g/mol. The van der Waals surface area contributed by atoms with Gasteiger partial charge in [-0.1, -0.05) is 0 Å². The average Bonchev–Trinajstić information content (AvgIpc) is 1.83. The van der Waals surface area contributed by atoms with Crippen LogP contribution in [0.25, 0.3) is 0 Å². The van der Waals surface area contributed by atoms with Gasteiger partial charge in [0.2, 0.25) is 0 Å². The summed E-state index contributed by atoms with van der Waals surface area (Å²) < 4.78 is 31.7. The quantitative estimate of drug-likeness (QED) is 0.557. The van der Waals surface area contributed by atoms with Crippen molar-refractivity contribution in [2.45, 2.75) is 18.6 Å². The second-order valence-electron chi connectivity index (χ2n) is 2.43. The van der Waals surface area contributed by atoms with E-state index in [1.807, 2.05) is 0 Å². The third-order valence-electron chi connectivity index (χ3n) is 1.39. The Balaban J connectivity index is 0.000000223. The molecule has 3 N–H and O–H groups in total. The second-order valence-corrected chi connectivity index (χ2v) is 2.43. The molecule has 78 valence electrons. The highest BCUT2D eigenvalue weighted by molar-refractivity contribution is 5.73. The van der Waals surface area contributed by atoms with E-state index in [0.29, 0.717) is 12.6 Å². The number of halogens is 3. The normalized spacial score (nSPS) is 21.1. The summed E-state index contributed by atoms with van der Waals surface area (Å²) >= 11 is 0. The zero-order valence-corrected chi connectivity index (χ0v) is 6.64. The molecule has 1 heterocycles. The summed E-state index contributed by atoms with van der Waals surface area (Å²) in [6, 6.07) is 0.421. The maximum absolute atomic E-state index is 10.6. The van der Waals surface area contributed by atoms with E-state index in [2.05, 4.69) is 5.32 Å². The molecular weight excluding hydrogens is 191 g/mol. The highest BCUT2D eigenvalue weighted by Gasteiger charge is 2.38. The molecule has 1 aliphatic heterocycles. The van der Waals surface area contributed by atoms with E-state index in [1.54, 1.807) is 0 Å². The SMILES string of the molecule is O=C(O)C(F)(F)F.OC[C@@H]1CCN1. The first-order valence-electron chi connectivity index (χ1n) is 3.52. The van der Waals surface area contributed by atoms with Crippen molar-refractivity contribution >= 4 is 5.97 Å². The molecule has 1 fully saturated rings. The molecule has 4 nitrogen and oxygen atoms in total. The Morgan fingerprint density at radius 1 is 1.54 bits per heavy atom. The number of carbonyl (C=O) groups is 1. The van der Waals surface area contributed by atoms with E-state index in [4.69, 9.17) is 15.0 Å². The molecule has 0 amide bonds. The first-order chi connectivity index (χ1) is 5.88. The molecule has 0 unspecified atom stereocenters. The fourth-order valence-electron chi connectivity index (χ4n) is 0.504. The van der Waals surface area contributed by atoms with Crippen LogP contribution < -0.4 is 5.32 Å². The van der Waals surface area contributed by atoms with Crippen LogP contribution in [0.5, 0.6) is 0 Å². The topological polar surface area (TPSA) is 69.6 Å². The minimum Gasteiger partial charge on any atom is -0.475 e. The maximum Gasteiger partial charge on any atom is 0.490 e. The summed E-state index contributed by atoms with van der Waals surface area (Å²) in [5, 5.41) is 18.5. The van der Waals surface area contributed by atoms with Crippen molar-refractivity contribution in [3.63, 3.8) is 0 Å². The predicted molar refractivity (Wildman–Crippen MR) is 37.2 cm³/mol. The van der Waals surface area contributed by atoms with Crippen molar-refractivity contribution in [3.05, 3.63) is 0 Å². The van der Waals surface area contributed by atoms with E-state index in [9.17, 15) is 13.2 Å². The van der Waals surface area contributed by atoms with E-state index in [-0.39, 0.29) is 0 Å². The second kappa shape index (κ2) is 5.03. The van der Waals surface area contributed by atoms with Gasteiger partial charge in [0.15, 0.2) is 0 Å². The molecule has 13 heavy (non-hydrogen) atoms. The van der Waals surface area contributed by atoms with Crippen molar-refractivity contribution < 1.29 is 28.2 Å². The lowest BCUT2D eigenvalue weighted by Gasteiger charge is -2.24. The van der Waals surface area contributed by atoms with Crippen LogP contribution in [0.2, 0.25) is 0 Å². The van der Waals surface area contributed by atoms with Crippen LogP contribution in [-0.4, -0.2) is 41.6 Å². The number of carboxylic acids is 1. The van der Waals surface area contributed by atoms with Crippen molar-refractivity contribution in [2.75, 3.05) is 13.2 Å². The van der Waals surface area contributed by atoms with Crippen LogP contribution in [0.4, 0.5) is 13.2 Å². The molecule has 0 aromatic carbocycles. The van der Waals surface area contributed by atoms with Gasteiger partial charge in [-0.25, -0.2) is 4.79 Å². The van der Waals surface area contributed by atoms with Gasteiger partial charge in [0.1, 0.15) is 0 Å². The first kappa shape index (κ1) is 12.2. The van der Waals surface area contributed by atoms with Crippen molar-refractivity contribution in [1.82, 2.24) is 5.32 Å². The Morgan fingerprint density at radius 2 is 1.92 bits per heavy atom. The molecular formula is C6H10F3NO3. The summed E-state index contributed by atoms with van der Waals surface area (Å²) in [5.74, 6) is -2.76. The van der Waals surface area contributed by atoms with Crippen molar-refractivity contribution in [1.29, 1.82) is 0 Å². The average molecular weight is 201 g/mol. The van der Waals surface area contributed by atoms with E-state index >= 15 is 0 Å². The molecule has 0 aromatic rings. The Kier molecular flexibility index (Phi) is 4.71. The third kappa shape index (κ3) is 5.42. The standard InChI is InChI=1S/C4H9NO.C2HF3O2/c6-3-4-1-2-5-4;3-2(4,5)1(6)7/h4-6H,1-3H2;(H,6,7)/t4-;/m0./s1. The van der Waals surface area contributed by atoms with Crippen LogP contribution in [0.15, 0.2) is 0 Å². The minimum absolute atomic E-state index is 0.306. The van der Waals surface area contributed by atoms with Crippen LogP contribution in [0.3, 0.4) is 0 Å². The summed E-state index contributed by atoms with van der Waals surface area (Å²) in [6.07, 6.45) is -3.93. The van der Waals surface area contributed by atoms with Crippen LogP contribution in [0.1, 0.15) is 6.42 Å². The summed E-state index contributed by atoms with van der Waals surface area (Å²) in [4.78, 5) is 8.90. The van der Waals surface area contributed by atoms with Gasteiger partial charge in [-0.2, -0.15) is 13.2 Å². The molecule has 0 saturated carbocycles. The lowest BCUT2D eigenvalue weighted by molar-refractivity contribution is -0.192. The Bertz CT molecular complexity index is 164. The predicted octanol–water partition coefficient (Wildman–Crippen LogP) is -0.0261. The molecule has 0 bridgehead atoms. The number of aliphatic hydroxyl groups is 1. The number of alkyl halides is 3. The third-order valence-corrected chi connectivity index (χ3v) is 1.39. The smallest absolute Gasteiger partial charge is 0.475 e. The number of nitrogens with one attached hydrogen (secondary N) is 1. The molecule has 1 saturated heterocycles. The van der Waals surface area contributed by atoms with Crippen LogP contribution >= 0.6 is 0 Å². The van der Waals surface area contributed by atoms with Gasteiger partial charge in [0.25, 0.3) is 0 Å². The lowest BCUT2D eigenvalue weighted by Crippen LogP contribution is -2.45. The van der Waals surface area contributed by atoms with Crippen molar-refractivity contribution in [3.8, 4) is 0 Å². The maximum atomic E-state index is 10.6. The van der Waals surface area contributed by atoms with Gasteiger partial charge in [0.05, 0.1) is 6.61 Å². The zero-order chi connectivity index (χ0) is 10.5. The minimum atomic E-state index is -5.08. The largest absolute Gasteiger partial charge is 0.490 e. The number of aliphatic carboxylic acids is 1. The van der Waals surface area contributed by atoms with Gasteiger partial charge < -0.3 is 15.5 Å². The molecule has 1 aliphatic rings. The van der Waals surface area contributed by atoms with Crippen molar-refractivity contribution in [2.24, 2.45) is 0 Å². The van der Waals surface area contributed by atoms with Gasteiger partial charge in [0, 0.05) is 6.04 Å². The molecule has 1 atom stereocenters. The first-order valence-corrected chi connectivity index (χ1v) is 3.52. The zero-order valence-electron chi connectivity index (χ0n) is 6.64. The molecule has 0 radical (unpaired) electrons. The van der Waals surface area contributed by atoms with E-state index in [1.165, 1.54) is 0 Å². The fourth-order valence-corrected chi connectivity index (χ4v) is 0.504. The highest BCUT2D eigenvalue weighted by Crippen LogP contribution is 2.13. The Hall–Kier alpha value is -0.820. The summed E-state index contributed by atoms with van der Waals surface area (Å²) in [7, 11) is 0. The number of hydrogen-bond donors (Lipinski definition) is 3. The molecule has 0 aliphatic carbocycles. The number of hydrogen-bond acceptors (Lipinski definition) is 3. The van der Waals surface area contributed by atoms with Gasteiger partial charge in [-0.3, -0.25) is 0 Å². The molecule has 7 heteroatoms. The molecule has 0 aromatic heterocycles. The van der Waals surface area contributed by atoms with Gasteiger partial charge >= 0.3 is 12.1 Å². The van der Waals surface area contributed by atoms with E-state index in [0.717, 1.165) is 13.0 Å². The number of rotatable bonds is 1. The number of carboxylic acid groups (broad SMARTS) is 1. The van der Waals surface area contributed by atoms with Gasteiger partial charge in [-0.05, 0) is 13.0 Å². The molecule has 1 rings (SSSR count). The Morgan fingerprint density at radius 3 is 1.92 bits per heavy atom. The van der Waals surface area contributed by atoms with Gasteiger partial charge in [-0.15, -0.1) is 0 Å².